The zero-order valence-electron chi connectivity index (χ0n) is 19.3. The molecule has 9 nitrogen and oxygen atoms in total. The number of carbonyl (C=O) groups excluding carboxylic acids is 4. The van der Waals surface area contributed by atoms with Gasteiger partial charge in [-0.3, -0.25) is 9.59 Å². The van der Waals surface area contributed by atoms with Gasteiger partial charge in [0.25, 0.3) is 11.8 Å². The molecule has 0 bridgehead atoms. The first-order chi connectivity index (χ1) is 16.2. The van der Waals surface area contributed by atoms with Gasteiger partial charge in [0.15, 0.2) is 0 Å². The number of nitrogens with zero attached hydrogens (tertiary/aromatic N) is 1. The minimum Gasteiger partial charge on any atom is -0.347 e. The van der Waals surface area contributed by atoms with E-state index in [-0.39, 0.29) is 23.9 Å². The number of benzene rings is 2. The maximum absolute atomic E-state index is 12.8. The van der Waals surface area contributed by atoms with Gasteiger partial charge in [0.05, 0.1) is 11.7 Å². The van der Waals surface area contributed by atoms with E-state index in [0.717, 1.165) is 30.6 Å². The summed E-state index contributed by atoms with van der Waals surface area (Å²) in [5, 5.41) is 11.4. The van der Waals surface area contributed by atoms with Crippen LogP contribution in [0.3, 0.4) is 0 Å². The first-order valence-electron chi connectivity index (χ1n) is 11.4. The highest BCUT2D eigenvalue weighted by atomic mass is 16.2. The van der Waals surface area contributed by atoms with Crippen LogP contribution in [-0.2, 0) is 4.79 Å². The van der Waals surface area contributed by atoms with Crippen molar-refractivity contribution in [2.24, 2.45) is 0 Å². The quantitative estimate of drug-likeness (QED) is 0.508. The van der Waals surface area contributed by atoms with Crippen LogP contribution in [0.25, 0.3) is 0 Å². The molecule has 2 fully saturated rings. The lowest BCUT2D eigenvalue weighted by Gasteiger charge is -2.32. The van der Waals surface area contributed by atoms with Crippen molar-refractivity contribution in [1.82, 2.24) is 16.0 Å². The van der Waals surface area contributed by atoms with E-state index in [9.17, 15) is 19.2 Å². The van der Waals surface area contributed by atoms with Gasteiger partial charge in [0.1, 0.15) is 5.54 Å². The van der Waals surface area contributed by atoms with Gasteiger partial charge >= 0.3 is 12.1 Å². The van der Waals surface area contributed by atoms with Crippen LogP contribution in [0.5, 0.6) is 0 Å². The largest absolute Gasteiger partial charge is 0.347 e. The Kier molecular flexibility index (Phi) is 6.54. The number of amides is 6. The number of urea groups is 2. The van der Waals surface area contributed by atoms with Crippen LogP contribution in [0, 0.1) is 0 Å². The molecule has 1 heterocycles. The lowest BCUT2D eigenvalue weighted by Crippen LogP contribution is -2.54. The standard InChI is InChI=1S/C25H29N5O4/c1-25(2)22(32)30(24(34)29-25)18-12-8-11-17(15-18)26-23(33)28-20-14-7-6-13-19(20)27-21(31)16-9-4-3-5-10-16/h3-5,8-12,15,19-20H,6-7,13-14H2,1-2H3,(H,27,31)(H,29,34)(H2,26,28,33)/t19-,20-/m1/s1. The topological polar surface area (TPSA) is 120 Å². The van der Waals surface area contributed by atoms with Gasteiger partial charge in [-0.2, -0.15) is 0 Å². The molecule has 0 radical (unpaired) electrons. The van der Waals surface area contributed by atoms with Crippen molar-refractivity contribution in [2.45, 2.75) is 57.2 Å². The minimum absolute atomic E-state index is 0.163. The summed E-state index contributed by atoms with van der Waals surface area (Å²) in [5.41, 5.74) is 0.409. The second-order valence-corrected chi connectivity index (χ2v) is 9.18. The average Bonchev–Trinajstić information content (AvgIpc) is 3.02. The molecule has 2 aromatic carbocycles. The first kappa shape index (κ1) is 23.3. The molecule has 2 aromatic rings. The third kappa shape index (κ3) is 5.03. The highest BCUT2D eigenvalue weighted by molar-refractivity contribution is 6.23. The second kappa shape index (κ2) is 9.54. The lowest BCUT2D eigenvalue weighted by molar-refractivity contribution is -0.121. The molecule has 0 spiro atoms. The van der Waals surface area contributed by atoms with E-state index in [1.165, 1.54) is 0 Å². The third-order valence-electron chi connectivity index (χ3n) is 6.16. The zero-order valence-corrected chi connectivity index (χ0v) is 19.3. The Morgan fingerprint density at radius 2 is 1.62 bits per heavy atom. The van der Waals surface area contributed by atoms with E-state index in [4.69, 9.17) is 0 Å². The molecule has 0 aromatic heterocycles. The van der Waals surface area contributed by atoms with Gasteiger partial charge in [-0.25, -0.2) is 14.5 Å². The Balaban J connectivity index is 1.40. The molecule has 178 valence electrons. The number of nitrogens with one attached hydrogen (secondary N) is 4. The monoisotopic (exact) mass is 463 g/mol. The van der Waals surface area contributed by atoms with Crippen LogP contribution >= 0.6 is 0 Å². The third-order valence-corrected chi connectivity index (χ3v) is 6.16. The Hall–Kier alpha value is -3.88. The number of hydrogen-bond donors (Lipinski definition) is 4. The molecule has 0 unspecified atom stereocenters. The fraction of sp³-hybridized carbons (Fsp3) is 0.360. The SMILES string of the molecule is CC1(C)NC(=O)N(c2cccc(NC(=O)N[C@@H]3CCCC[C@H]3NC(=O)c3ccccc3)c2)C1=O. The van der Waals surface area contributed by atoms with E-state index < -0.39 is 17.6 Å². The fourth-order valence-electron chi connectivity index (χ4n) is 4.36. The number of anilines is 2. The molecule has 2 atom stereocenters. The van der Waals surface area contributed by atoms with E-state index in [1.807, 2.05) is 18.2 Å². The van der Waals surface area contributed by atoms with Crippen molar-refractivity contribution in [3.63, 3.8) is 0 Å². The van der Waals surface area contributed by atoms with Gasteiger partial charge in [0.2, 0.25) is 0 Å². The van der Waals surface area contributed by atoms with Crippen molar-refractivity contribution in [2.75, 3.05) is 10.2 Å². The summed E-state index contributed by atoms with van der Waals surface area (Å²) in [6.07, 6.45) is 3.47. The van der Waals surface area contributed by atoms with E-state index in [0.29, 0.717) is 16.9 Å². The van der Waals surface area contributed by atoms with Gasteiger partial charge in [-0.15, -0.1) is 0 Å². The highest BCUT2D eigenvalue weighted by Gasteiger charge is 2.45. The maximum atomic E-state index is 12.8. The van der Waals surface area contributed by atoms with E-state index in [1.54, 1.807) is 50.2 Å². The fourth-order valence-corrected chi connectivity index (χ4v) is 4.36. The van der Waals surface area contributed by atoms with E-state index in [2.05, 4.69) is 21.3 Å². The van der Waals surface area contributed by atoms with Crippen molar-refractivity contribution in [3.05, 3.63) is 60.2 Å². The summed E-state index contributed by atoms with van der Waals surface area (Å²) in [6.45, 7) is 3.28. The van der Waals surface area contributed by atoms with E-state index >= 15 is 0 Å². The summed E-state index contributed by atoms with van der Waals surface area (Å²) in [5.74, 6) is -0.526. The Bertz CT molecular complexity index is 1100. The Morgan fingerprint density at radius 1 is 0.941 bits per heavy atom. The molecule has 4 rings (SSSR count). The molecule has 2 aliphatic rings. The number of hydrogen-bond acceptors (Lipinski definition) is 4. The average molecular weight is 464 g/mol. The molecule has 1 saturated carbocycles. The summed E-state index contributed by atoms with van der Waals surface area (Å²) in [7, 11) is 0. The first-order valence-corrected chi connectivity index (χ1v) is 11.4. The minimum atomic E-state index is -0.988. The molecule has 1 aliphatic carbocycles. The summed E-state index contributed by atoms with van der Waals surface area (Å²) < 4.78 is 0. The zero-order chi connectivity index (χ0) is 24.3. The number of rotatable bonds is 5. The van der Waals surface area contributed by atoms with Crippen LogP contribution in [0.2, 0.25) is 0 Å². The van der Waals surface area contributed by atoms with Gasteiger partial charge in [-0.05, 0) is 57.0 Å². The normalized spacial score (nSPS) is 21.5. The highest BCUT2D eigenvalue weighted by Crippen LogP contribution is 2.27. The molecule has 1 aliphatic heterocycles. The smallest absolute Gasteiger partial charge is 0.329 e. The van der Waals surface area contributed by atoms with Gasteiger partial charge in [0, 0.05) is 17.3 Å². The lowest BCUT2D eigenvalue weighted by atomic mass is 9.90. The Morgan fingerprint density at radius 3 is 2.26 bits per heavy atom. The Labute approximate surface area is 198 Å². The molecule has 9 heteroatoms. The van der Waals surface area contributed by atoms with Crippen molar-refractivity contribution < 1.29 is 19.2 Å². The predicted octanol–water partition coefficient (Wildman–Crippen LogP) is 3.38. The van der Waals surface area contributed by atoms with Crippen LogP contribution in [0.4, 0.5) is 21.0 Å². The number of imide groups is 1. The molecular weight excluding hydrogens is 434 g/mol. The van der Waals surface area contributed by atoms with Crippen LogP contribution in [-0.4, -0.2) is 41.5 Å². The second-order valence-electron chi connectivity index (χ2n) is 9.18. The van der Waals surface area contributed by atoms with Crippen LogP contribution < -0.4 is 26.2 Å². The van der Waals surface area contributed by atoms with Gasteiger partial charge < -0.3 is 21.3 Å². The summed E-state index contributed by atoms with van der Waals surface area (Å²) >= 11 is 0. The predicted molar refractivity (Wildman–Crippen MR) is 129 cm³/mol. The van der Waals surface area contributed by atoms with Crippen molar-refractivity contribution in [3.8, 4) is 0 Å². The van der Waals surface area contributed by atoms with Gasteiger partial charge in [-0.1, -0.05) is 37.1 Å². The van der Waals surface area contributed by atoms with Crippen molar-refractivity contribution in [1.29, 1.82) is 0 Å². The van der Waals surface area contributed by atoms with Crippen LogP contribution in [0.1, 0.15) is 49.9 Å². The summed E-state index contributed by atoms with van der Waals surface area (Å²) in [4.78, 5) is 51.3. The maximum Gasteiger partial charge on any atom is 0.329 e. The molecule has 4 N–H and O–H groups in total. The molecule has 6 amide bonds. The molecule has 1 saturated heterocycles. The molecular formula is C25H29N5O4. The number of carbonyl (C=O) groups is 4. The molecule has 34 heavy (non-hydrogen) atoms. The van der Waals surface area contributed by atoms with Crippen molar-refractivity contribution >= 4 is 35.3 Å². The summed E-state index contributed by atoms with van der Waals surface area (Å²) in [6, 6.07) is 14.3. The van der Waals surface area contributed by atoms with Crippen LogP contribution in [0.15, 0.2) is 54.6 Å².